The fourth-order valence-electron chi connectivity index (χ4n) is 1.97. The number of carboxylic acid groups (broad SMARTS) is 1. The van der Waals surface area contributed by atoms with Gasteiger partial charge in [0.15, 0.2) is 5.69 Å². The number of nitrogens with zero attached hydrogens (tertiary/aromatic N) is 3. The third-order valence-electron chi connectivity index (χ3n) is 2.78. The fraction of sp³-hybridized carbons (Fsp3) is 0.455. The van der Waals surface area contributed by atoms with Crippen LogP contribution in [0, 0.1) is 0 Å². The minimum absolute atomic E-state index is 0.0471. The van der Waals surface area contributed by atoms with Crippen molar-refractivity contribution < 1.29 is 14.7 Å². The highest BCUT2D eigenvalue weighted by atomic mass is 16.4. The molecule has 1 aliphatic heterocycles. The second-order valence-corrected chi connectivity index (χ2v) is 4.20. The maximum atomic E-state index is 10.9. The van der Waals surface area contributed by atoms with Crippen LogP contribution in [0.15, 0.2) is 12.4 Å². The van der Waals surface area contributed by atoms with Crippen LogP contribution in [0.2, 0.25) is 0 Å². The molecule has 0 bridgehead atoms. The van der Waals surface area contributed by atoms with E-state index in [9.17, 15) is 9.59 Å². The summed E-state index contributed by atoms with van der Waals surface area (Å²) in [5.74, 6) is -0.506. The molecular weight excluding hydrogens is 236 g/mol. The Hall–Kier alpha value is -2.18. The molecule has 1 aromatic heterocycles. The third kappa shape index (κ3) is 2.73. The summed E-state index contributed by atoms with van der Waals surface area (Å²) in [6.45, 7) is 2.93. The SMILES string of the molecule is CC(=O)NC1CCN(c2cnc(C(=O)O)cn2)C1. The fourth-order valence-corrected chi connectivity index (χ4v) is 1.97. The zero-order chi connectivity index (χ0) is 13.1. The Bertz CT molecular complexity index is 460. The second-order valence-electron chi connectivity index (χ2n) is 4.20. The molecule has 1 atom stereocenters. The molecule has 1 saturated heterocycles. The minimum atomic E-state index is -1.09. The topological polar surface area (TPSA) is 95.4 Å². The van der Waals surface area contributed by atoms with Gasteiger partial charge in [0, 0.05) is 26.1 Å². The molecule has 2 rings (SSSR count). The van der Waals surface area contributed by atoms with E-state index in [1.54, 1.807) is 0 Å². The summed E-state index contributed by atoms with van der Waals surface area (Å²) in [5, 5.41) is 11.6. The first kappa shape index (κ1) is 12.3. The summed E-state index contributed by atoms with van der Waals surface area (Å²) < 4.78 is 0. The van der Waals surface area contributed by atoms with Crippen molar-refractivity contribution in [2.24, 2.45) is 0 Å². The van der Waals surface area contributed by atoms with Gasteiger partial charge < -0.3 is 15.3 Å². The number of hydrogen-bond acceptors (Lipinski definition) is 5. The van der Waals surface area contributed by atoms with E-state index in [1.165, 1.54) is 19.3 Å². The van der Waals surface area contributed by atoms with E-state index >= 15 is 0 Å². The summed E-state index contributed by atoms with van der Waals surface area (Å²) in [4.78, 5) is 31.4. The molecule has 7 heteroatoms. The van der Waals surface area contributed by atoms with Crippen LogP contribution < -0.4 is 10.2 Å². The van der Waals surface area contributed by atoms with Crippen molar-refractivity contribution >= 4 is 17.7 Å². The van der Waals surface area contributed by atoms with Crippen LogP contribution in [0.3, 0.4) is 0 Å². The lowest BCUT2D eigenvalue weighted by Crippen LogP contribution is -2.35. The monoisotopic (exact) mass is 250 g/mol. The van der Waals surface area contributed by atoms with Crippen molar-refractivity contribution in [3.05, 3.63) is 18.1 Å². The van der Waals surface area contributed by atoms with Gasteiger partial charge in [0.2, 0.25) is 5.91 Å². The molecule has 0 saturated carbocycles. The van der Waals surface area contributed by atoms with Crippen molar-refractivity contribution in [2.75, 3.05) is 18.0 Å². The molecule has 2 heterocycles. The van der Waals surface area contributed by atoms with Crippen molar-refractivity contribution in [2.45, 2.75) is 19.4 Å². The van der Waals surface area contributed by atoms with Gasteiger partial charge in [-0.2, -0.15) is 0 Å². The maximum Gasteiger partial charge on any atom is 0.356 e. The molecule has 0 aliphatic carbocycles. The molecule has 96 valence electrons. The van der Waals surface area contributed by atoms with E-state index in [2.05, 4.69) is 15.3 Å². The second kappa shape index (κ2) is 4.99. The Morgan fingerprint density at radius 3 is 2.78 bits per heavy atom. The number of carbonyl (C=O) groups excluding carboxylic acids is 1. The van der Waals surface area contributed by atoms with Gasteiger partial charge >= 0.3 is 5.97 Å². The van der Waals surface area contributed by atoms with Crippen LogP contribution in [0.5, 0.6) is 0 Å². The van der Waals surface area contributed by atoms with Gasteiger partial charge in [0.05, 0.1) is 12.4 Å². The number of amides is 1. The first-order valence-corrected chi connectivity index (χ1v) is 5.63. The highest BCUT2D eigenvalue weighted by molar-refractivity contribution is 5.84. The maximum absolute atomic E-state index is 10.9. The Morgan fingerprint density at radius 1 is 1.44 bits per heavy atom. The number of carbonyl (C=O) groups is 2. The molecule has 1 unspecified atom stereocenters. The van der Waals surface area contributed by atoms with Gasteiger partial charge in [-0.1, -0.05) is 0 Å². The van der Waals surface area contributed by atoms with E-state index in [1.807, 2.05) is 4.90 Å². The molecule has 0 radical (unpaired) electrons. The van der Waals surface area contributed by atoms with Gasteiger partial charge in [-0.05, 0) is 6.42 Å². The Labute approximate surface area is 104 Å². The highest BCUT2D eigenvalue weighted by Crippen LogP contribution is 2.17. The summed E-state index contributed by atoms with van der Waals surface area (Å²) in [7, 11) is 0. The van der Waals surface area contributed by atoms with E-state index in [-0.39, 0.29) is 17.6 Å². The normalized spacial score (nSPS) is 18.7. The third-order valence-corrected chi connectivity index (χ3v) is 2.78. The molecule has 1 aliphatic rings. The van der Waals surface area contributed by atoms with Crippen LogP contribution in [-0.4, -0.2) is 46.1 Å². The van der Waals surface area contributed by atoms with Gasteiger partial charge in [-0.15, -0.1) is 0 Å². The quantitative estimate of drug-likeness (QED) is 0.777. The number of nitrogens with one attached hydrogen (secondary N) is 1. The number of carboxylic acids is 1. The molecule has 18 heavy (non-hydrogen) atoms. The lowest BCUT2D eigenvalue weighted by molar-refractivity contribution is -0.119. The van der Waals surface area contributed by atoms with Gasteiger partial charge in [0.1, 0.15) is 5.82 Å². The smallest absolute Gasteiger partial charge is 0.356 e. The molecule has 0 aromatic carbocycles. The zero-order valence-electron chi connectivity index (χ0n) is 9.96. The van der Waals surface area contributed by atoms with E-state index < -0.39 is 5.97 Å². The zero-order valence-corrected chi connectivity index (χ0v) is 9.96. The van der Waals surface area contributed by atoms with Gasteiger partial charge in [0.25, 0.3) is 0 Å². The summed E-state index contributed by atoms with van der Waals surface area (Å²) in [6, 6.07) is 0.114. The molecule has 0 spiro atoms. The molecule has 1 amide bonds. The number of rotatable bonds is 3. The van der Waals surface area contributed by atoms with Crippen LogP contribution >= 0.6 is 0 Å². The van der Waals surface area contributed by atoms with Crippen LogP contribution in [0.4, 0.5) is 5.82 Å². The van der Waals surface area contributed by atoms with E-state index in [4.69, 9.17) is 5.11 Å². The van der Waals surface area contributed by atoms with Crippen molar-refractivity contribution in [3.63, 3.8) is 0 Å². The highest BCUT2D eigenvalue weighted by Gasteiger charge is 2.24. The van der Waals surface area contributed by atoms with Crippen molar-refractivity contribution in [1.29, 1.82) is 0 Å². The first-order chi connectivity index (χ1) is 8.56. The molecule has 1 fully saturated rings. The summed E-state index contributed by atoms with van der Waals surface area (Å²) in [6.07, 6.45) is 3.53. The lowest BCUT2D eigenvalue weighted by atomic mass is 10.3. The first-order valence-electron chi connectivity index (χ1n) is 5.63. The van der Waals surface area contributed by atoms with Crippen LogP contribution in [-0.2, 0) is 4.79 Å². The Balaban J connectivity index is 2.01. The van der Waals surface area contributed by atoms with Crippen LogP contribution in [0.1, 0.15) is 23.8 Å². The number of anilines is 1. The number of aromatic nitrogens is 2. The van der Waals surface area contributed by atoms with Crippen LogP contribution in [0.25, 0.3) is 0 Å². The molecule has 7 nitrogen and oxygen atoms in total. The molecule has 2 N–H and O–H groups in total. The minimum Gasteiger partial charge on any atom is -0.476 e. The number of hydrogen-bond donors (Lipinski definition) is 2. The predicted molar refractivity (Wildman–Crippen MR) is 63.4 cm³/mol. The van der Waals surface area contributed by atoms with E-state index in [0.29, 0.717) is 12.4 Å². The largest absolute Gasteiger partial charge is 0.476 e. The lowest BCUT2D eigenvalue weighted by Gasteiger charge is -2.17. The average Bonchev–Trinajstić information content (AvgIpc) is 2.76. The van der Waals surface area contributed by atoms with Gasteiger partial charge in [-0.25, -0.2) is 14.8 Å². The van der Waals surface area contributed by atoms with Gasteiger partial charge in [-0.3, -0.25) is 4.79 Å². The van der Waals surface area contributed by atoms with Crippen molar-refractivity contribution in [3.8, 4) is 0 Å². The van der Waals surface area contributed by atoms with Crippen molar-refractivity contribution in [1.82, 2.24) is 15.3 Å². The Morgan fingerprint density at radius 2 is 2.22 bits per heavy atom. The molecule has 1 aromatic rings. The Kier molecular flexibility index (Phi) is 3.40. The summed E-state index contributed by atoms with van der Waals surface area (Å²) >= 11 is 0. The molecular formula is C11H14N4O3. The predicted octanol–water partition coefficient (Wildman–Crippen LogP) is -0.110. The van der Waals surface area contributed by atoms with E-state index in [0.717, 1.165) is 13.0 Å². The average molecular weight is 250 g/mol. The standard InChI is InChI=1S/C11H14N4O3/c1-7(16)14-8-2-3-15(6-8)10-5-12-9(4-13-10)11(17)18/h4-5,8H,2-3,6H2,1H3,(H,14,16)(H,17,18). The number of aromatic carboxylic acids is 1. The summed E-state index contributed by atoms with van der Waals surface area (Å²) in [5.41, 5.74) is -0.0728.